The fourth-order valence-corrected chi connectivity index (χ4v) is 2.69. The number of amides is 1. The molecule has 134 valence electrons. The molecule has 0 bridgehead atoms. The van der Waals surface area contributed by atoms with Gasteiger partial charge in [0.25, 0.3) is 5.91 Å². The van der Waals surface area contributed by atoms with Crippen LogP contribution in [0.3, 0.4) is 0 Å². The van der Waals surface area contributed by atoms with Crippen molar-refractivity contribution in [2.75, 3.05) is 0 Å². The molecule has 1 amide bonds. The molecule has 0 aliphatic rings. The van der Waals surface area contributed by atoms with E-state index < -0.39 is 12.0 Å². The van der Waals surface area contributed by atoms with Crippen LogP contribution in [-0.4, -0.2) is 11.9 Å². The number of nitrogens with two attached hydrogens (primary N) is 1. The summed E-state index contributed by atoms with van der Waals surface area (Å²) in [5.74, 6) is -0.993. The largest absolute Gasteiger partial charge is 0.447 e. The van der Waals surface area contributed by atoms with E-state index in [9.17, 15) is 9.59 Å². The monoisotopic (exact) mass is 333 g/mol. The minimum absolute atomic E-state index is 0.340. The van der Waals surface area contributed by atoms with Crippen LogP contribution in [0, 0.1) is 0 Å². The Morgan fingerprint density at radius 2 is 1.46 bits per heavy atom. The molecule has 0 aliphatic heterocycles. The second-order valence-electron chi connectivity index (χ2n) is 6.26. The number of rotatable bonds is 13. The first-order valence-electron chi connectivity index (χ1n) is 9.19. The van der Waals surface area contributed by atoms with Crippen molar-refractivity contribution < 1.29 is 14.3 Å². The molecule has 4 heteroatoms. The third-order valence-corrected chi connectivity index (χ3v) is 4.09. The molecular formula is C20H31NO3. The summed E-state index contributed by atoms with van der Waals surface area (Å²) in [4.78, 5) is 23.4. The van der Waals surface area contributed by atoms with Gasteiger partial charge >= 0.3 is 5.97 Å². The molecule has 2 N–H and O–H groups in total. The van der Waals surface area contributed by atoms with Gasteiger partial charge in [-0.05, 0) is 6.42 Å². The van der Waals surface area contributed by atoms with E-state index in [0.717, 1.165) is 19.3 Å². The molecule has 0 fully saturated rings. The fraction of sp³-hybridized carbons (Fsp3) is 0.600. The summed E-state index contributed by atoms with van der Waals surface area (Å²) in [7, 11) is 0. The predicted molar refractivity (Wildman–Crippen MR) is 96.3 cm³/mol. The van der Waals surface area contributed by atoms with Crippen molar-refractivity contribution in [2.45, 2.75) is 77.2 Å². The van der Waals surface area contributed by atoms with Crippen LogP contribution in [0.25, 0.3) is 0 Å². The molecule has 0 aliphatic carbocycles. The van der Waals surface area contributed by atoms with Crippen LogP contribution in [-0.2, 0) is 14.3 Å². The Kier molecular flexibility index (Phi) is 10.6. The van der Waals surface area contributed by atoms with Crippen LogP contribution in [0.5, 0.6) is 0 Å². The number of esters is 1. The molecule has 24 heavy (non-hydrogen) atoms. The molecule has 0 radical (unpaired) electrons. The summed E-state index contributed by atoms with van der Waals surface area (Å²) >= 11 is 0. The average molecular weight is 333 g/mol. The maximum Gasteiger partial charge on any atom is 0.306 e. The molecule has 1 aromatic carbocycles. The Morgan fingerprint density at radius 1 is 0.917 bits per heavy atom. The van der Waals surface area contributed by atoms with Crippen molar-refractivity contribution >= 4 is 11.9 Å². The van der Waals surface area contributed by atoms with Gasteiger partial charge in [-0.1, -0.05) is 88.6 Å². The lowest BCUT2D eigenvalue weighted by Crippen LogP contribution is -2.26. The summed E-state index contributed by atoms with van der Waals surface area (Å²) in [5.41, 5.74) is 5.96. The van der Waals surface area contributed by atoms with Crippen molar-refractivity contribution in [3.63, 3.8) is 0 Å². The van der Waals surface area contributed by atoms with E-state index in [0.29, 0.717) is 12.0 Å². The summed E-state index contributed by atoms with van der Waals surface area (Å²) in [5, 5.41) is 0. The number of ether oxygens (including phenoxy) is 1. The fourth-order valence-electron chi connectivity index (χ4n) is 2.69. The van der Waals surface area contributed by atoms with Crippen molar-refractivity contribution in [1.29, 1.82) is 0 Å². The van der Waals surface area contributed by atoms with Crippen molar-refractivity contribution in [2.24, 2.45) is 5.73 Å². The van der Waals surface area contributed by atoms with Crippen molar-refractivity contribution in [3.05, 3.63) is 35.9 Å². The van der Waals surface area contributed by atoms with Crippen LogP contribution < -0.4 is 5.73 Å². The average Bonchev–Trinajstić information content (AvgIpc) is 2.58. The number of primary amides is 1. The highest BCUT2D eigenvalue weighted by molar-refractivity contribution is 5.83. The van der Waals surface area contributed by atoms with Gasteiger partial charge in [0.15, 0.2) is 0 Å². The molecule has 0 saturated heterocycles. The highest BCUT2D eigenvalue weighted by Crippen LogP contribution is 2.18. The lowest BCUT2D eigenvalue weighted by Gasteiger charge is -2.15. The van der Waals surface area contributed by atoms with Gasteiger partial charge in [-0.15, -0.1) is 0 Å². The number of hydrogen-bond acceptors (Lipinski definition) is 3. The lowest BCUT2D eigenvalue weighted by atomic mass is 10.1. The second-order valence-corrected chi connectivity index (χ2v) is 6.26. The third kappa shape index (κ3) is 8.70. The van der Waals surface area contributed by atoms with Gasteiger partial charge in [0.2, 0.25) is 6.10 Å². The van der Waals surface area contributed by atoms with Crippen molar-refractivity contribution in [3.8, 4) is 0 Å². The molecule has 1 rings (SSSR count). The van der Waals surface area contributed by atoms with Gasteiger partial charge < -0.3 is 10.5 Å². The van der Waals surface area contributed by atoms with E-state index in [1.807, 2.05) is 6.07 Å². The zero-order valence-electron chi connectivity index (χ0n) is 14.8. The van der Waals surface area contributed by atoms with Crippen LogP contribution in [0.4, 0.5) is 0 Å². The van der Waals surface area contributed by atoms with Gasteiger partial charge in [0.1, 0.15) is 0 Å². The van der Waals surface area contributed by atoms with E-state index in [-0.39, 0.29) is 5.97 Å². The zero-order valence-corrected chi connectivity index (χ0v) is 14.8. The van der Waals surface area contributed by atoms with Crippen LogP contribution in [0.15, 0.2) is 30.3 Å². The molecule has 0 saturated carbocycles. The number of benzene rings is 1. The molecular weight excluding hydrogens is 302 g/mol. The number of hydrogen-bond donors (Lipinski definition) is 1. The van der Waals surface area contributed by atoms with Crippen molar-refractivity contribution in [1.82, 2.24) is 0 Å². The summed E-state index contributed by atoms with van der Waals surface area (Å²) in [6, 6.07) is 8.90. The number of carbonyl (C=O) groups is 2. The predicted octanol–water partition coefficient (Wildman–Crippen LogP) is 4.68. The lowest BCUT2D eigenvalue weighted by molar-refractivity contribution is -0.155. The Labute approximate surface area is 145 Å². The highest BCUT2D eigenvalue weighted by atomic mass is 16.5. The molecule has 0 aromatic heterocycles. The SMILES string of the molecule is CCCCCCCCCCCC(=O)OC(C(N)=O)c1ccccc1. The van der Waals surface area contributed by atoms with Gasteiger partial charge in [0, 0.05) is 12.0 Å². The minimum atomic E-state index is -0.989. The normalized spacial score (nSPS) is 11.9. The standard InChI is InChI=1S/C20H31NO3/c1-2-3-4-5-6-7-8-9-13-16-18(22)24-19(20(21)23)17-14-11-10-12-15-17/h10-12,14-15,19H,2-9,13,16H2,1H3,(H2,21,23). The maximum atomic E-state index is 11.9. The van der Waals surface area contributed by atoms with E-state index in [1.54, 1.807) is 24.3 Å². The van der Waals surface area contributed by atoms with Gasteiger partial charge in [-0.25, -0.2) is 0 Å². The zero-order chi connectivity index (χ0) is 17.6. The summed E-state index contributed by atoms with van der Waals surface area (Å²) in [6.07, 6.45) is 10.1. The quantitative estimate of drug-likeness (QED) is 0.421. The maximum absolute atomic E-state index is 11.9. The van der Waals surface area contributed by atoms with E-state index >= 15 is 0 Å². The van der Waals surface area contributed by atoms with Crippen LogP contribution in [0.1, 0.15) is 82.8 Å². The third-order valence-electron chi connectivity index (χ3n) is 4.09. The highest BCUT2D eigenvalue weighted by Gasteiger charge is 2.21. The number of carbonyl (C=O) groups excluding carboxylic acids is 2. The van der Waals surface area contributed by atoms with Crippen LogP contribution >= 0.6 is 0 Å². The van der Waals surface area contributed by atoms with E-state index in [1.165, 1.54) is 38.5 Å². The molecule has 1 unspecified atom stereocenters. The molecule has 0 spiro atoms. The Balaban J connectivity index is 2.17. The Bertz CT molecular complexity index is 473. The van der Waals surface area contributed by atoms with Crippen LogP contribution in [0.2, 0.25) is 0 Å². The minimum Gasteiger partial charge on any atom is -0.447 e. The Morgan fingerprint density at radius 3 is 2.00 bits per heavy atom. The number of unbranched alkanes of at least 4 members (excludes halogenated alkanes) is 8. The first-order valence-corrected chi connectivity index (χ1v) is 9.19. The van der Waals surface area contributed by atoms with E-state index in [2.05, 4.69) is 6.92 Å². The summed E-state index contributed by atoms with van der Waals surface area (Å²) < 4.78 is 5.26. The van der Waals surface area contributed by atoms with Gasteiger partial charge in [-0.2, -0.15) is 0 Å². The first kappa shape index (κ1) is 20.2. The Hall–Kier alpha value is -1.84. The smallest absolute Gasteiger partial charge is 0.306 e. The summed E-state index contributed by atoms with van der Waals surface area (Å²) in [6.45, 7) is 2.22. The molecule has 0 heterocycles. The van der Waals surface area contributed by atoms with E-state index in [4.69, 9.17) is 10.5 Å². The molecule has 1 atom stereocenters. The molecule has 1 aromatic rings. The molecule has 4 nitrogen and oxygen atoms in total. The van der Waals surface area contributed by atoms with Gasteiger partial charge in [0.05, 0.1) is 0 Å². The first-order chi connectivity index (χ1) is 11.6. The topological polar surface area (TPSA) is 69.4 Å². The van der Waals surface area contributed by atoms with Gasteiger partial charge in [-0.3, -0.25) is 9.59 Å². The second kappa shape index (κ2) is 12.6.